The van der Waals surface area contributed by atoms with Gasteiger partial charge in [-0.25, -0.2) is 0 Å². The lowest BCUT2D eigenvalue weighted by Crippen LogP contribution is -2.28. The zero-order valence-electron chi connectivity index (χ0n) is 11.7. The maximum atomic E-state index is 11.7. The van der Waals surface area contributed by atoms with Gasteiger partial charge >= 0.3 is 0 Å². The fourth-order valence-electron chi connectivity index (χ4n) is 2.02. The number of aliphatic hydroxyl groups is 1. The van der Waals surface area contributed by atoms with Crippen molar-refractivity contribution < 1.29 is 14.3 Å². The van der Waals surface area contributed by atoms with Crippen LogP contribution in [0, 0.1) is 6.92 Å². The zero-order valence-corrected chi connectivity index (χ0v) is 11.7. The van der Waals surface area contributed by atoms with Gasteiger partial charge in [-0.1, -0.05) is 0 Å². The standard InChI is InChI=1S/C14H19N3O3/c1-10-11(9-17(2)16-10)5-6-14(19)15-8-12(18)13-4-3-7-20-13/h3-4,7,9,12,18H,5-6,8H2,1-2H3,(H,15,19). The Morgan fingerprint density at radius 1 is 1.60 bits per heavy atom. The van der Waals surface area contributed by atoms with Gasteiger partial charge in [0.25, 0.3) is 0 Å². The number of amides is 1. The van der Waals surface area contributed by atoms with Crippen molar-refractivity contribution in [3.63, 3.8) is 0 Å². The lowest BCUT2D eigenvalue weighted by molar-refractivity contribution is -0.121. The molecular formula is C14H19N3O3. The molecule has 2 aromatic rings. The fraction of sp³-hybridized carbons (Fsp3) is 0.429. The molecule has 2 heterocycles. The molecule has 2 aromatic heterocycles. The molecular weight excluding hydrogens is 258 g/mol. The van der Waals surface area contributed by atoms with Crippen molar-refractivity contribution >= 4 is 5.91 Å². The summed E-state index contributed by atoms with van der Waals surface area (Å²) in [4.78, 5) is 11.7. The third-order valence-corrected chi connectivity index (χ3v) is 3.10. The molecule has 0 aliphatic carbocycles. The van der Waals surface area contributed by atoms with Crippen molar-refractivity contribution in [1.82, 2.24) is 15.1 Å². The summed E-state index contributed by atoms with van der Waals surface area (Å²) in [6, 6.07) is 3.38. The number of aromatic nitrogens is 2. The smallest absolute Gasteiger partial charge is 0.220 e. The van der Waals surface area contributed by atoms with E-state index in [0.717, 1.165) is 11.3 Å². The van der Waals surface area contributed by atoms with Gasteiger partial charge in [-0.3, -0.25) is 9.48 Å². The summed E-state index contributed by atoms with van der Waals surface area (Å²) < 4.78 is 6.80. The average molecular weight is 277 g/mol. The largest absolute Gasteiger partial charge is 0.467 e. The molecule has 1 amide bonds. The minimum absolute atomic E-state index is 0.0983. The second-order valence-corrected chi connectivity index (χ2v) is 4.75. The Morgan fingerprint density at radius 3 is 3.00 bits per heavy atom. The van der Waals surface area contributed by atoms with Crippen LogP contribution in [0.1, 0.15) is 29.5 Å². The molecule has 20 heavy (non-hydrogen) atoms. The van der Waals surface area contributed by atoms with Crippen molar-refractivity contribution in [3.05, 3.63) is 41.6 Å². The van der Waals surface area contributed by atoms with Gasteiger partial charge in [0.2, 0.25) is 5.91 Å². The summed E-state index contributed by atoms with van der Waals surface area (Å²) in [5, 5.41) is 16.7. The normalized spacial score (nSPS) is 12.3. The van der Waals surface area contributed by atoms with Crippen LogP contribution >= 0.6 is 0 Å². The average Bonchev–Trinajstić information content (AvgIpc) is 3.03. The topological polar surface area (TPSA) is 80.3 Å². The van der Waals surface area contributed by atoms with E-state index in [1.165, 1.54) is 6.26 Å². The van der Waals surface area contributed by atoms with Crippen LogP contribution in [0.3, 0.4) is 0 Å². The van der Waals surface area contributed by atoms with E-state index in [1.807, 2.05) is 20.2 Å². The molecule has 2 rings (SSSR count). The van der Waals surface area contributed by atoms with Crippen molar-refractivity contribution in [2.75, 3.05) is 6.54 Å². The number of furan rings is 1. The molecule has 0 radical (unpaired) electrons. The molecule has 1 atom stereocenters. The minimum Gasteiger partial charge on any atom is -0.467 e. The monoisotopic (exact) mass is 277 g/mol. The van der Waals surface area contributed by atoms with E-state index >= 15 is 0 Å². The molecule has 0 saturated carbocycles. The van der Waals surface area contributed by atoms with E-state index in [9.17, 15) is 9.90 Å². The molecule has 0 saturated heterocycles. The Morgan fingerprint density at radius 2 is 2.40 bits per heavy atom. The molecule has 6 heteroatoms. The van der Waals surface area contributed by atoms with Crippen molar-refractivity contribution in [3.8, 4) is 0 Å². The molecule has 1 unspecified atom stereocenters. The SMILES string of the molecule is Cc1nn(C)cc1CCC(=O)NCC(O)c1ccco1. The van der Waals surface area contributed by atoms with Crippen molar-refractivity contribution in [1.29, 1.82) is 0 Å². The van der Waals surface area contributed by atoms with Gasteiger partial charge in [-0.2, -0.15) is 5.10 Å². The van der Waals surface area contributed by atoms with Crippen LogP contribution < -0.4 is 5.32 Å². The summed E-state index contributed by atoms with van der Waals surface area (Å²) in [7, 11) is 1.86. The van der Waals surface area contributed by atoms with E-state index in [0.29, 0.717) is 18.6 Å². The highest BCUT2D eigenvalue weighted by molar-refractivity contribution is 5.76. The Kier molecular flexibility index (Phi) is 4.57. The number of nitrogens with zero attached hydrogens (tertiary/aromatic N) is 2. The first-order valence-electron chi connectivity index (χ1n) is 6.53. The van der Waals surface area contributed by atoms with Crippen LogP contribution in [0.2, 0.25) is 0 Å². The van der Waals surface area contributed by atoms with E-state index in [4.69, 9.17) is 4.42 Å². The maximum Gasteiger partial charge on any atom is 0.220 e. The molecule has 0 bridgehead atoms. The highest BCUT2D eigenvalue weighted by Gasteiger charge is 2.12. The number of aliphatic hydroxyl groups excluding tert-OH is 1. The molecule has 0 aromatic carbocycles. The summed E-state index contributed by atoms with van der Waals surface area (Å²) in [6.07, 6.45) is 3.61. The van der Waals surface area contributed by atoms with Gasteiger partial charge in [-0.05, 0) is 31.0 Å². The first-order chi connectivity index (χ1) is 9.56. The van der Waals surface area contributed by atoms with Crippen molar-refractivity contribution in [2.45, 2.75) is 25.9 Å². The molecule has 108 valence electrons. The molecule has 0 fully saturated rings. The number of carbonyl (C=O) groups is 1. The third kappa shape index (κ3) is 3.71. The molecule has 2 N–H and O–H groups in total. The van der Waals surface area contributed by atoms with E-state index in [1.54, 1.807) is 16.8 Å². The highest BCUT2D eigenvalue weighted by atomic mass is 16.4. The van der Waals surface area contributed by atoms with Gasteiger partial charge < -0.3 is 14.8 Å². The van der Waals surface area contributed by atoms with Gasteiger partial charge in [0.05, 0.1) is 18.5 Å². The molecule has 0 aliphatic rings. The highest BCUT2D eigenvalue weighted by Crippen LogP contribution is 2.12. The van der Waals surface area contributed by atoms with E-state index < -0.39 is 6.10 Å². The number of carbonyl (C=O) groups excluding carboxylic acids is 1. The molecule has 0 spiro atoms. The van der Waals surface area contributed by atoms with Gasteiger partial charge in [-0.15, -0.1) is 0 Å². The van der Waals surface area contributed by atoms with Crippen LogP contribution in [-0.4, -0.2) is 27.3 Å². The number of aryl methyl sites for hydroxylation is 3. The van der Waals surface area contributed by atoms with Crippen molar-refractivity contribution in [2.24, 2.45) is 7.05 Å². The summed E-state index contributed by atoms with van der Waals surface area (Å²) in [5.74, 6) is 0.354. The number of hydrogen-bond donors (Lipinski definition) is 2. The first-order valence-corrected chi connectivity index (χ1v) is 6.53. The Balaban J connectivity index is 1.74. The number of nitrogens with one attached hydrogen (secondary N) is 1. The lowest BCUT2D eigenvalue weighted by atomic mass is 10.1. The number of rotatable bonds is 6. The lowest BCUT2D eigenvalue weighted by Gasteiger charge is -2.09. The van der Waals surface area contributed by atoms with E-state index in [2.05, 4.69) is 10.4 Å². The predicted molar refractivity (Wildman–Crippen MR) is 72.9 cm³/mol. The number of hydrogen-bond acceptors (Lipinski definition) is 4. The molecule has 6 nitrogen and oxygen atoms in total. The minimum atomic E-state index is -0.811. The van der Waals surface area contributed by atoms with E-state index in [-0.39, 0.29) is 12.5 Å². The zero-order chi connectivity index (χ0) is 14.5. The second-order valence-electron chi connectivity index (χ2n) is 4.75. The van der Waals surface area contributed by atoms with Gasteiger partial charge in [0, 0.05) is 19.7 Å². The maximum absolute atomic E-state index is 11.7. The third-order valence-electron chi connectivity index (χ3n) is 3.10. The van der Waals surface area contributed by atoms with Crippen LogP contribution in [0.25, 0.3) is 0 Å². The van der Waals surface area contributed by atoms with Crippen LogP contribution in [-0.2, 0) is 18.3 Å². The predicted octanol–water partition coefficient (Wildman–Crippen LogP) is 1.10. The van der Waals surface area contributed by atoms with Gasteiger partial charge in [0.1, 0.15) is 11.9 Å². The first kappa shape index (κ1) is 14.3. The molecule has 0 aliphatic heterocycles. The summed E-state index contributed by atoms with van der Waals surface area (Å²) in [5.41, 5.74) is 2.00. The summed E-state index contributed by atoms with van der Waals surface area (Å²) in [6.45, 7) is 2.08. The summed E-state index contributed by atoms with van der Waals surface area (Å²) >= 11 is 0. The van der Waals surface area contributed by atoms with Crippen LogP contribution in [0.5, 0.6) is 0 Å². The fourth-order valence-corrected chi connectivity index (χ4v) is 2.02. The Labute approximate surface area is 117 Å². The Bertz CT molecular complexity index is 560. The quantitative estimate of drug-likeness (QED) is 0.828. The second kappa shape index (κ2) is 6.38. The Hall–Kier alpha value is -2.08. The van der Waals surface area contributed by atoms with Crippen LogP contribution in [0.4, 0.5) is 0 Å². The van der Waals surface area contributed by atoms with Crippen LogP contribution in [0.15, 0.2) is 29.0 Å². The van der Waals surface area contributed by atoms with Gasteiger partial charge in [0.15, 0.2) is 0 Å².